The molecule has 102 valence electrons. The lowest BCUT2D eigenvalue weighted by molar-refractivity contribution is -0.139. The van der Waals surface area contributed by atoms with E-state index >= 15 is 0 Å². The van der Waals surface area contributed by atoms with Crippen LogP contribution in [0.1, 0.15) is 18.1 Å². The van der Waals surface area contributed by atoms with Crippen LogP contribution in [0.25, 0.3) is 0 Å². The van der Waals surface area contributed by atoms with Gasteiger partial charge in [0.05, 0.1) is 6.54 Å². The quantitative estimate of drug-likeness (QED) is 0.635. The standard InChI is InChI=1S/C11H15N5O3/c1-4-5-8(10(17)18)13-11(19)16(3)6-9-12-7(2)14-15-9/h1,8H,5-6H2,2-3H3,(H,13,19)(H,17,18)(H,12,14,15). The monoisotopic (exact) mass is 265 g/mol. The molecule has 1 unspecified atom stereocenters. The lowest BCUT2D eigenvalue weighted by Crippen LogP contribution is -2.46. The minimum Gasteiger partial charge on any atom is -0.480 e. The molecule has 2 amide bonds. The second-order valence-electron chi connectivity index (χ2n) is 3.94. The molecule has 1 heterocycles. The second-order valence-corrected chi connectivity index (χ2v) is 3.94. The Bertz CT molecular complexity index is 505. The molecule has 0 spiro atoms. The molecular formula is C11H15N5O3. The highest BCUT2D eigenvalue weighted by Gasteiger charge is 2.21. The Hall–Kier alpha value is -2.56. The average Bonchev–Trinajstić information content (AvgIpc) is 2.73. The predicted octanol–water partition coefficient (Wildman–Crippen LogP) is -0.269. The highest BCUT2D eigenvalue weighted by molar-refractivity contribution is 5.82. The fraction of sp³-hybridized carbons (Fsp3) is 0.455. The van der Waals surface area contributed by atoms with E-state index in [1.165, 1.54) is 11.9 Å². The molecule has 1 aromatic heterocycles. The molecule has 1 rings (SSSR count). The van der Waals surface area contributed by atoms with Gasteiger partial charge in [-0.1, -0.05) is 0 Å². The molecular weight excluding hydrogens is 250 g/mol. The van der Waals surface area contributed by atoms with Crippen LogP contribution < -0.4 is 5.32 Å². The van der Waals surface area contributed by atoms with Crippen molar-refractivity contribution in [1.82, 2.24) is 25.4 Å². The van der Waals surface area contributed by atoms with Crippen LogP contribution in [0, 0.1) is 19.3 Å². The summed E-state index contributed by atoms with van der Waals surface area (Å²) in [5.41, 5.74) is 0. The average molecular weight is 265 g/mol. The van der Waals surface area contributed by atoms with Gasteiger partial charge in [0.15, 0.2) is 5.82 Å². The van der Waals surface area contributed by atoms with Crippen LogP contribution in [0.5, 0.6) is 0 Å². The molecule has 0 bridgehead atoms. The zero-order valence-corrected chi connectivity index (χ0v) is 10.7. The minimum atomic E-state index is -1.17. The second kappa shape index (κ2) is 6.39. The summed E-state index contributed by atoms with van der Waals surface area (Å²) in [5.74, 6) is 2.11. The van der Waals surface area contributed by atoms with E-state index in [2.05, 4.69) is 26.4 Å². The zero-order valence-electron chi connectivity index (χ0n) is 10.7. The summed E-state index contributed by atoms with van der Waals surface area (Å²) in [5, 5.41) is 17.7. The predicted molar refractivity (Wildman–Crippen MR) is 66.0 cm³/mol. The van der Waals surface area contributed by atoms with Gasteiger partial charge in [-0.05, 0) is 6.92 Å². The number of carbonyl (C=O) groups excluding carboxylic acids is 1. The minimum absolute atomic E-state index is 0.0747. The molecule has 0 radical (unpaired) electrons. The van der Waals surface area contributed by atoms with Crippen LogP contribution in [0.15, 0.2) is 0 Å². The number of carboxylic acid groups (broad SMARTS) is 1. The maximum atomic E-state index is 11.8. The lowest BCUT2D eigenvalue weighted by Gasteiger charge is -2.19. The van der Waals surface area contributed by atoms with Gasteiger partial charge in [-0.25, -0.2) is 14.6 Å². The maximum Gasteiger partial charge on any atom is 0.327 e. The van der Waals surface area contributed by atoms with Crippen molar-refractivity contribution in [2.45, 2.75) is 25.9 Å². The molecule has 0 aliphatic heterocycles. The SMILES string of the molecule is C#CCC(NC(=O)N(C)Cc1n[nH]c(C)n1)C(=O)O. The van der Waals surface area contributed by atoms with Crippen molar-refractivity contribution in [3.63, 3.8) is 0 Å². The topological polar surface area (TPSA) is 111 Å². The van der Waals surface area contributed by atoms with Crippen molar-refractivity contribution in [3.8, 4) is 12.3 Å². The Balaban J connectivity index is 2.57. The first-order valence-electron chi connectivity index (χ1n) is 5.49. The van der Waals surface area contributed by atoms with Gasteiger partial charge >= 0.3 is 12.0 Å². The van der Waals surface area contributed by atoms with Gasteiger partial charge in [0.1, 0.15) is 11.9 Å². The van der Waals surface area contributed by atoms with Crippen molar-refractivity contribution < 1.29 is 14.7 Å². The Morgan fingerprint density at radius 1 is 1.63 bits per heavy atom. The smallest absolute Gasteiger partial charge is 0.327 e. The molecule has 19 heavy (non-hydrogen) atoms. The Kier molecular flexibility index (Phi) is 4.88. The number of amides is 2. The van der Waals surface area contributed by atoms with E-state index in [1.807, 2.05) is 0 Å². The normalized spacial score (nSPS) is 11.4. The number of terminal acetylenes is 1. The van der Waals surface area contributed by atoms with Crippen LogP contribution in [-0.4, -0.2) is 50.3 Å². The summed E-state index contributed by atoms with van der Waals surface area (Å²) in [6.07, 6.45) is 4.97. The molecule has 1 atom stereocenters. The van der Waals surface area contributed by atoms with Gasteiger partial charge in [-0.3, -0.25) is 5.10 Å². The van der Waals surface area contributed by atoms with E-state index in [0.717, 1.165) is 0 Å². The van der Waals surface area contributed by atoms with E-state index < -0.39 is 18.0 Å². The highest BCUT2D eigenvalue weighted by Crippen LogP contribution is 1.99. The summed E-state index contributed by atoms with van der Waals surface area (Å²) in [7, 11) is 1.51. The number of H-pyrrole nitrogens is 1. The van der Waals surface area contributed by atoms with E-state index in [0.29, 0.717) is 11.6 Å². The molecule has 1 aromatic rings. The van der Waals surface area contributed by atoms with Crippen molar-refractivity contribution in [2.75, 3.05) is 7.05 Å². The molecule has 0 saturated heterocycles. The van der Waals surface area contributed by atoms with Crippen LogP contribution in [0.3, 0.4) is 0 Å². The number of nitrogens with one attached hydrogen (secondary N) is 2. The Labute approximate surface area is 110 Å². The summed E-state index contributed by atoms with van der Waals surface area (Å²) in [6, 6.07) is -1.65. The maximum absolute atomic E-state index is 11.8. The van der Waals surface area contributed by atoms with Gasteiger partial charge in [-0.2, -0.15) is 5.10 Å². The fourth-order valence-corrected chi connectivity index (χ4v) is 1.32. The number of carboxylic acids is 1. The number of hydrogen-bond acceptors (Lipinski definition) is 4. The summed E-state index contributed by atoms with van der Waals surface area (Å²) in [6.45, 7) is 1.91. The summed E-state index contributed by atoms with van der Waals surface area (Å²) in [4.78, 5) is 27.9. The number of aromatic amines is 1. The van der Waals surface area contributed by atoms with Crippen molar-refractivity contribution in [1.29, 1.82) is 0 Å². The van der Waals surface area contributed by atoms with Gasteiger partial charge in [0, 0.05) is 13.5 Å². The van der Waals surface area contributed by atoms with E-state index in [9.17, 15) is 9.59 Å². The summed E-state index contributed by atoms with van der Waals surface area (Å²) < 4.78 is 0. The van der Waals surface area contributed by atoms with E-state index in [1.54, 1.807) is 6.92 Å². The lowest BCUT2D eigenvalue weighted by atomic mass is 10.2. The third-order valence-corrected chi connectivity index (χ3v) is 2.29. The molecule has 0 aliphatic rings. The van der Waals surface area contributed by atoms with E-state index in [4.69, 9.17) is 11.5 Å². The van der Waals surface area contributed by atoms with Crippen LogP contribution in [0.4, 0.5) is 4.79 Å². The van der Waals surface area contributed by atoms with Crippen LogP contribution in [-0.2, 0) is 11.3 Å². The number of aromatic nitrogens is 3. The third-order valence-electron chi connectivity index (χ3n) is 2.29. The largest absolute Gasteiger partial charge is 0.480 e. The molecule has 0 saturated carbocycles. The van der Waals surface area contributed by atoms with Crippen molar-refractivity contribution >= 4 is 12.0 Å². The molecule has 8 nitrogen and oxygen atoms in total. The highest BCUT2D eigenvalue weighted by atomic mass is 16.4. The molecule has 0 fully saturated rings. The zero-order chi connectivity index (χ0) is 14.4. The van der Waals surface area contributed by atoms with Crippen LogP contribution in [0.2, 0.25) is 0 Å². The molecule has 3 N–H and O–H groups in total. The number of nitrogens with zero attached hydrogens (tertiary/aromatic N) is 3. The van der Waals surface area contributed by atoms with Gasteiger partial charge in [-0.15, -0.1) is 12.3 Å². The van der Waals surface area contributed by atoms with Crippen LogP contribution >= 0.6 is 0 Å². The Morgan fingerprint density at radius 3 is 2.79 bits per heavy atom. The molecule has 0 aromatic carbocycles. The van der Waals surface area contributed by atoms with Crippen molar-refractivity contribution in [2.24, 2.45) is 0 Å². The fourth-order valence-electron chi connectivity index (χ4n) is 1.32. The van der Waals surface area contributed by atoms with Crippen molar-refractivity contribution in [3.05, 3.63) is 11.6 Å². The number of aliphatic carboxylic acids is 1. The number of rotatable bonds is 5. The van der Waals surface area contributed by atoms with Gasteiger partial charge < -0.3 is 15.3 Å². The van der Waals surface area contributed by atoms with E-state index in [-0.39, 0.29) is 13.0 Å². The number of aryl methyl sites for hydroxylation is 1. The number of hydrogen-bond donors (Lipinski definition) is 3. The molecule has 0 aliphatic carbocycles. The first-order valence-corrected chi connectivity index (χ1v) is 5.49. The molecule has 8 heteroatoms. The first kappa shape index (κ1) is 14.5. The van der Waals surface area contributed by atoms with Gasteiger partial charge in [0.25, 0.3) is 0 Å². The number of carbonyl (C=O) groups is 2. The number of urea groups is 1. The van der Waals surface area contributed by atoms with Gasteiger partial charge in [0.2, 0.25) is 0 Å². The summed E-state index contributed by atoms with van der Waals surface area (Å²) >= 11 is 0. The Morgan fingerprint density at radius 2 is 2.32 bits per heavy atom. The first-order chi connectivity index (χ1) is 8.93. The third kappa shape index (κ3) is 4.31.